The van der Waals surface area contributed by atoms with Crippen molar-refractivity contribution >= 4 is 32.9 Å². The summed E-state index contributed by atoms with van der Waals surface area (Å²) < 4.78 is 28.3. The fourth-order valence-electron chi connectivity index (χ4n) is 4.32. The predicted octanol–water partition coefficient (Wildman–Crippen LogP) is 2.44. The number of hydrogen-bond donors (Lipinski definition) is 2. The maximum atomic E-state index is 12.5. The number of sulfonamides is 1. The molecule has 188 valence electrons. The molecule has 2 aromatic rings. The second kappa shape index (κ2) is 11.8. The molecule has 34 heavy (non-hydrogen) atoms. The van der Waals surface area contributed by atoms with Crippen molar-refractivity contribution in [2.75, 3.05) is 27.2 Å². The van der Waals surface area contributed by atoms with Crippen molar-refractivity contribution in [3.8, 4) is 0 Å². The summed E-state index contributed by atoms with van der Waals surface area (Å²) in [5.74, 6) is 0.889. The van der Waals surface area contributed by atoms with Gasteiger partial charge >= 0.3 is 0 Å². The van der Waals surface area contributed by atoms with E-state index in [9.17, 15) is 18.0 Å². The first-order valence-electron chi connectivity index (χ1n) is 12.2. The fraction of sp³-hybridized carbons (Fsp3) is 0.625. The minimum atomic E-state index is -3.55. The molecule has 1 heterocycles. The van der Waals surface area contributed by atoms with Crippen LogP contribution in [0.15, 0.2) is 23.1 Å². The lowest BCUT2D eigenvalue weighted by Crippen LogP contribution is -2.37. The summed E-state index contributed by atoms with van der Waals surface area (Å²) in [6, 6.07) is 5.01. The van der Waals surface area contributed by atoms with Gasteiger partial charge in [0.2, 0.25) is 21.8 Å². The molecule has 9 nitrogen and oxygen atoms in total. The summed E-state index contributed by atoms with van der Waals surface area (Å²) in [6.07, 6.45) is 6.85. The van der Waals surface area contributed by atoms with Gasteiger partial charge in [-0.2, -0.15) is 0 Å². The molecule has 2 amide bonds. The Morgan fingerprint density at radius 3 is 2.53 bits per heavy atom. The Bertz CT molecular complexity index is 1100. The van der Waals surface area contributed by atoms with Gasteiger partial charge in [0.1, 0.15) is 5.82 Å². The number of imidazole rings is 1. The maximum Gasteiger partial charge on any atom is 0.242 e. The van der Waals surface area contributed by atoms with Gasteiger partial charge < -0.3 is 15.2 Å². The van der Waals surface area contributed by atoms with Crippen molar-refractivity contribution < 1.29 is 18.0 Å². The molecule has 0 bridgehead atoms. The maximum absolute atomic E-state index is 12.5. The number of aromatic nitrogens is 2. The monoisotopic (exact) mass is 491 g/mol. The van der Waals surface area contributed by atoms with Gasteiger partial charge in [0.15, 0.2) is 0 Å². The average molecular weight is 492 g/mol. The van der Waals surface area contributed by atoms with Crippen LogP contribution in [0.5, 0.6) is 0 Å². The van der Waals surface area contributed by atoms with Crippen LogP contribution in [0.1, 0.15) is 57.7 Å². The number of fused-ring (bicyclic) bond motifs is 1. The smallest absolute Gasteiger partial charge is 0.242 e. The van der Waals surface area contributed by atoms with Gasteiger partial charge in [0.25, 0.3) is 0 Å². The molecule has 1 aliphatic carbocycles. The SMILES string of the molecule is CCCCn1c(CCC(=O)NCCNC(=O)C2CCCC2)nc2cc(S(=O)(=O)N(C)C)ccc21. The zero-order chi connectivity index (χ0) is 24.7. The zero-order valence-electron chi connectivity index (χ0n) is 20.5. The van der Waals surface area contributed by atoms with E-state index in [2.05, 4.69) is 27.1 Å². The minimum Gasteiger partial charge on any atom is -0.354 e. The summed E-state index contributed by atoms with van der Waals surface area (Å²) in [5.41, 5.74) is 1.49. The van der Waals surface area contributed by atoms with E-state index in [1.165, 1.54) is 18.4 Å². The number of hydrogen-bond acceptors (Lipinski definition) is 5. The van der Waals surface area contributed by atoms with E-state index in [1.807, 2.05) is 0 Å². The fourth-order valence-corrected chi connectivity index (χ4v) is 5.24. The topological polar surface area (TPSA) is 113 Å². The molecule has 0 radical (unpaired) electrons. The third-order valence-corrected chi connectivity index (χ3v) is 8.17. The highest BCUT2D eigenvalue weighted by atomic mass is 32.2. The molecule has 0 saturated heterocycles. The van der Waals surface area contributed by atoms with E-state index >= 15 is 0 Å². The number of amides is 2. The van der Waals surface area contributed by atoms with Crippen LogP contribution < -0.4 is 10.6 Å². The van der Waals surface area contributed by atoms with Gasteiger partial charge in [0.05, 0.1) is 15.9 Å². The van der Waals surface area contributed by atoms with Crippen molar-refractivity contribution in [3.63, 3.8) is 0 Å². The first-order chi connectivity index (χ1) is 16.2. The molecule has 10 heteroatoms. The number of nitrogens with one attached hydrogen (secondary N) is 2. The number of unbranched alkanes of at least 4 members (excludes halogenated alkanes) is 1. The van der Waals surface area contributed by atoms with Crippen LogP contribution in [0.2, 0.25) is 0 Å². The van der Waals surface area contributed by atoms with Crippen LogP contribution >= 0.6 is 0 Å². The Kier molecular flexibility index (Phi) is 9.07. The first kappa shape index (κ1) is 26.2. The van der Waals surface area contributed by atoms with E-state index in [0.717, 1.165) is 56.4 Å². The van der Waals surface area contributed by atoms with Crippen LogP contribution in [0.3, 0.4) is 0 Å². The second-order valence-electron chi connectivity index (χ2n) is 9.09. The van der Waals surface area contributed by atoms with Crippen LogP contribution in [0.4, 0.5) is 0 Å². The van der Waals surface area contributed by atoms with Crippen molar-refractivity contribution in [2.45, 2.75) is 69.7 Å². The summed E-state index contributed by atoms with van der Waals surface area (Å²) >= 11 is 0. The molecular formula is C24H37N5O4S. The summed E-state index contributed by atoms with van der Waals surface area (Å²) in [4.78, 5) is 29.3. The molecule has 0 spiro atoms. The highest BCUT2D eigenvalue weighted by molar-refractivity contribution is 7.89. The molecule has 1 aromatic heterocycles. The molecule has 1 fully saturated rings. The highest BCUT2D eigenvalue weighted by Gasteiger charge is 2.22. The number of benzene rings is 1. The van der Waals surface area contributed by atoms with E-state index in [0.29, 0.717) is 25.0 Å². The zero-order valence-corrected chi connectivity index (χ0v) is 21.3. The molecule has 1 aliphatic rings. The average Bonchev–Trinajstić information content (AvgIpc) is 3.46. The standard InChI is InChI=1S/C24H37N5O4S/c1-4-5-16-29-21-11-10-19(34(32,33)28(2)3)17-20(21)27-22(29)12-13-23(30)25-14-15-26-24(31)18-8-6-7-9-18/h10-11,17-18H,4-9,12-16H2,1-3H3,(H,25,30)(H,26,31). The molecular weight excluding hydrogens is 454 g/mol. The number of rotatable bonds is 12. The van der Waals surface area contributed by atoms with E-state index < -0.39 is 10.0 Å². The lowest BCUT2D eigenvalue weighted by atomic mass is 10.1. The van der Waals surface area contributed by atoms with E-state index in [-0.39, 0.29) is 29.0 Å². The van der Waals surface area contributed by atoms with E-state index in [4.69, 9.17) is 0 Å². The number of carbonyl (C=O) groups excluding carboxylic acids is 2. The third kappa shape index (κ3) is 6.35. The predicted molar refractivity (Wildman–Crippen MR) is 132 cm³/mol. The van der Waals surface area contributed by atoms with Gasteiger partial charge in [-0.05, 0) is 37.5 Å². The molecule has 0 atom stereocenters. The minimum absolute atomic E-state index is 0.0899. The van der Waals surface area contributed by atoms with Crippen LogP contribution in [-0.2, 0) is 32.6 Å². The van der Waals surface area contributed by atoms with Crippen LogP contribution in [-0.4, -0.2) is 61.3 Å². The van der Waals surface area contributed by atoms with Gasteiger partial charge in [-0.3, -0.25) is 9.59 Å². The largest absolute Gasteiger partial charge is 0.354 e. The summed E-state index contributed by atoms with van der Waals surface area (Å²) in [6.45, 7) is 3.70. The third-order valence-electron chi connectivity index (χ3n) is 6.36. The first-order valence-corrected chi connectivity index (χ1v) is 13.6. The normalized spacial score (nSPS) is 14.7. The molecule has 1 saturated carbocycles. The van der Waals surface area contributed by atoms with Gasteiger partial charge in [0, 0.05) is 52.5 Å². The Morgan fingerprint density at radius 2 is 1.85 bits per heavy atom. The number of nitrogens with zero attached hydrogens (tertiary/aromatic N) is 3. The molecule has 3 rings (SSSR count). The molecule has 2 N–H and O–H groups in total. The van der Waals surface area contributed by atoms with Crippen molar-refractivity contribution in [2.24, 2.45) is 5.92 Å². The van der Waals surface area contributed by atoms with Crippen molar-refractivity contribution in [3.05, 3.63) is 24.0 Å². The van der Waals surface area contributed by atoms with Crippen LogP contribution in [0, 0.1) is 5.92 Å². The summed E-state index contributed by atoms with van der Waals surface area (Å²) in [5, 5.41) is 5.77. The van der Waals surface area contributed by atoms with Crippen molar-refractivity contribution in [1.82, 2.24) is 24.5 Å². The molecule has 0 unspecified atom stereocenters. The molecule has 0 aliphatic heterocycles. The van der Waals surface area contributed by atoms with Crippen molar-refractivity contribution in [1.29, 1.82) is 0 Å². The van der Waals surface area contributed by atoms with Gasteiger partial charge in [-0.15, -0.1) is 0 Å². The Balaban J connectivity index is 1.60. The van der Waals surface area contributed by atoms with Crippen LogP contribution in [0.25, 0.3) is 11.0 Å². The van der Waals surface area contributed by atoms with E-state index in [1.54, 1.807) is 18.2 Å². The van der Waals surface area contributed by atoms with Gasteiger partial charge in [-0.25, -0.2) is 17.7 Å². The lowest BCUT2D eigenvalue weighted by Gasteiger charge is -2.12. The molecule has 1 aromatic carbocycles. The quantitative estimate of drug-likeness (QED) is 0.443. The number of aryl methyl sites for hydroxylation is 2. The summed E-state index contributed by atoms with van der Waals surface area (Å²) in [7, 11) is -0.542. The Hall–Kier alpha value is -2.46. The van der Waals surface area contributed by atoms with Gasteiger partial charge in [-0.1, -0.05) is 26.2 Å². The number of carbonyl (C=O) groups is 2. The Labute approximate surface area is 202 Å². The Morgan fingerprint density at radius 1 is 1.15 bits per heavy atom. The highest BCUT2D eigenvalue weighted by Crippen LogP contribution is 2.25. The lowest BCUT2D eigenvalue weighted by molar-refractivity contribution is -0.125. The second-order valence-corrected chi connectivity index (χ2v) is 11.2.